The van der Waals surface area contributed by atoms with E-state index in [2.05, 4.69) is 10.6 Å². The van der Waals surface area contributed by atoms with E-state index in [1.54, 1.807) is 0 Å². The second-order valence-electron chi connectivity index (χ2n) is 4.22. The molecule has 0 heterocycles. The molecule has 2 N–H and O–H groups in total. The van der Waals surface area contributed by atoms with Crippen molar-refractivity contribution in [3.8, 4) is 0 Å². The number of carbonyl (C=O) groups is 1. The lowest BCUT2D eigenvalue weighted by Crippen LogP contribution is -2.32. The number of rotatable bonds is 6. The zero-order valence-electron chi connectivity index (χ0n) is 9.82. The van der Waals surface area contributed by atoms with Crippen LogP contribution in [0.3, 0.4) is 0 Å². The van der Waals surface area contributed by atoms with Crippen molar-refractivity contribution in [3.63, 3.8) is 0 Å². The number of alkyl carbamates (subject to hydrolysis) is 1. The molecule has 4 nitrogen and oxygen atoms in total. The summed E-state index contributed by atoms with van der Waals surface area (Å²) in [4.78, 5) is 11.3. The van der Waals surface area contributed by atoms with Crippen LogP contribution >= 0.6 is 0 Å². The number of ether oxygens (including phenoxy) is 1. The van der Waals surface area contributed by atoms with E-state index in [9.17, 15) is 4.79 Å². The highest BCUT2D eigenvalue weighted by molar-refractivity contribution is 5.67. The fraction of sp³-hybridized carbons (Fsp3) is 0.462. The van der Waals surface area contributed by atoms with Crippen molar-refractivity contribution in [2.24, 2.45) is 0 Å². The number of amides is 1. The zero-order chi connectivity index (χ0) is 11.9. The average Bonchev–Trinajstić information content (AvgIpc) is 3.17. The van der Waals surface area contributed by atoms with Crippen molar-refractivity contribution >= 4 is 6.09 Å². The maximum Gasteiger partial charge on any atom is 0.407 e. The molecule has 2 rings (SSSR count). The Hall–Kier alpha value is -1.55. The van der Waals surface area contributed by atoms with Gasteiger partial charge in [-0.1, -0.05) is 30.3 Å². The highest BCUT2D eigenvalue weighted by Crippen LogP contribution is 2.17. The summed E-state index contributed by atoms with van der Waals surface area (Å²) in [6.45, 7) is 1.75. The standard InChI is InChI=1S/C13H18N2O2/c16-13(15-9-8-14-12-6-7-12)17-10-11-4-2-1-3-5-11/h1-5,12,14H,6-10H2,(H,15,16). The lowest BCUT2D eigenvalue weighted by atomic mass is 10.2. The minimum absolute atomic E-state index is 0.322. The Morgan fingerprint density at radius 2 is 2.00 bits per heavy atom. The Labute approximate surface area is 101 Å². The molecule has 0 bridgehead atoms. The summed E-state index contributed by atoms with van der Waals surface area (Å²) in [6.07, 6.45) is 2.17. The molecular weight excluding hydrogens is 216 g/mol. The van der Waals surface area contributed by atoms with E-state index in [4.69, 9.17) is 4.74 Å². The van der Waals surface area contributed by atoms with Gasteiger partial charge in [-0.25, -0.2) is 4.79 Å². The molecule has 0 aliphatic heterocycles. The third-order valence-corrected chi connectivity index (χ3v) is 2.62. The summed E-state index contributed by atoms with van der Waals surface area (Å²) >= 11 is 0. The minimum Gasteiger partial charge on any atom is -0.445 e. The van der Waals surface area contributed by atoms with E-state index in [0.29, 0.717) is 19.2 Å². The van der Waals surface area contributed by atoms with E-state index >= 15 is 0 Å². The molecule has 1 saturated carbocycles. The van der Waals surface area contributed by atoms with Gasteiger partial charge in [0.15, 0.2) is 0 Å². The Kier molecular flexibility index (Phi) is 4.38. The number of hydrogen-bond donors (Lipinski definition) is 2. The summed E-state index contributed by atoms with van der Waals surface area (Å²) in [5, 5.41) is 6.03. The normalized spacial score (nSPS) is 14.4. The summed E-state index contributed by atoms with van der Waals surface area (Å²) in [6, 6.07) is 10.3. The van der Waals surface area contributed by atoms with Crippen molar-refractivity contribution in [3.05, 3.63) is 35.9 Å². The number of hydrogen-bond acceptors (Lipinski definition) is 3. The molecule has 0 unspecified atom stereocenters. The van der Waals surface area contributed by atoms with E-state index in [1.807, 2.05) is 30.3 Å². The summed E-state index contributed by atoms with van der Waals surface area (Å²) in [7, 11) is 0. The highest BCUT2D eigenvalue weighted by atomic mass is 16.5. The predicted molar refractivity (Wildman–Crippen MR) is 65.7 cm³/mol. The first-order valence-corrected chi connectivity index (χ1v) is 6.02. The van der Waals surface area contributed by atoms with Crippen LogP contribution in [0.15, 0.2) is 30.3 Å². The van der Waals surface area contributed by atoms with Crippen LogP contribution < -0.4 is 10.6 Å². The molecule has 17 heavy (non-hydrogen) atoms. The molecule has 1 aromatic carbocycles. The van der Waals surface area contributed by atoms with Gasteiger partial charge in [0.25, 0.3) is 0 Å². The lowest BCUT2D eigenvalue weighted by Gasteiger charge is -2.07. The van der Waals surface area contributed by atoms with Crippen molar-refractivity contribution in [2.75, 3.05) is 13.1 Å². The Morgan fingerprint density at radius 1 is 1.24 bits per heavy atom. The maximum atomic E-state index is 11.3. The van der Waals surface area contributed by atoms with E-state index < -0.39 is 0 Å². The molecule has 1 amide bonds. The molecule has 92 valence electrons. The predicted octanol–water partition coefficient (Wildman–Crippen LogP) is 1.66. The largest absolute Gasteiger partial charge is 0.445 e. The van der Waals surface area contributed by atoms with Gasteiger partial charge in [0.1, 0.15) is 6.61 Å². The van der Waals surface area contributed by atoms with Crippen molar-refractivity contribution in [2.45, 2.75) is 25.5 Å². The number of benzene rings is 1. The van der Waals surface area contributed by atoms with Gasteiger partial charge in [0, 0.05) is 19.1 Å². The van der Waals surface area contributed by atoms with Crippen LogP contribution in [0.2, 0.25) is 0 Å². The van der Waals surface area contributed by atoms with E-state index in [1.165, 1.54) is 12.8 Å². The third-order valence-electron chi connectivity index (χ3n) is 2.62. The van der Waals surface area contributed by atoms with Crippen LogP contribution in [0.1, 0.15) is 18.4 Å². The van der Waals surface area contributed by atoms with Crippen LogP contribution in [0, 0.1) is 0 Å². The van der Waals surface area contributed by atoms with Gasteiger partial charge in [-0.15, -0.1) is 0 Å². The van der Waals surface area contributed by atoms with Crippen molar-refractivity contribution < 1.29 is 9.53 Å². The van der Waals surface area contributed by atoms with E-state index in [0.717, 1.165) is 12.1 Å². The van der Waals surface area contributed by atoms with Crippen LogP contribution in [0.25, 0.3) is 0 Å². The lowest BCUT2D eigenvalue weighted by molar-refractivity contribution is 0.139. The summed E-state index contributed by atoms with van der Waals surface area (Å²) < 4.78 is 5.07. The van der Waals surface area contributed by atoms with Crippen LogP contribution in [-0.2, 0) is 11.3 Å². The molecule has 0 spiro atoms. The maximum absolute atomic E-state index is 11.3. The smallest absolute Gasteiger partial charge is 0.407 e. The molecule has 0 saturated heterocycles. The monoisotopic (exact) mass is 234 g/mol. The van der Waals surface area contributed by atoms with Gasteiger partial charge >= 0.3 is 6.09 Å². The van der Waals surface area contributed by atoms with Gasteiger partial charge in [0.2, 0.25) is 0 Å². The summed E-state index contributed by atoms with van der Waals surface area (Å²) in [5.41, 5.74) is 0.999. The zero-order valence-corrected chi connectivity index (χ0v) is 9.82. The SMILES string of the molecule is O=C(NCCNC1CC1)OCc1ccccc1. The molecule has 1 aromatic rings. The molecule has 0 atom stereocenters. The number of nitrogens with one attached hydrogen (secondary N) is 2. The van der Waals surface area contributed by atoms with Gasteiger partial charge in [-0.3, -0.25) is 0 Å². The molecule has 0 aromatic heterocycles. The van der Waals surface area contributed by atoms with Gasteiger partial charge in [0.05, 0.1) is 0 Å². The molecular formula is C13H18N2O2. The quantitative estimate of drug-likeness (QED) is 0.736. The molecule has 4 heteroatoms. The van der Waals surface area contributed by atoms with Crippen molar-refractivity contribution in [1.82, 2.24) is 10.6 Å². The fourth-order valence-corrected chi connectivity index (χ4v) is 1.50. The first kappa shape index (κ1) is 11.9. The topological polar surface area (TPSA) is 50.4 Å². The van der Waals surface area contributed by atoms with Crippen LogP contribution in [0.4, 0.5) is 4.79 Å². The molecule has 1 aliphatic rings. The second-order valence-corrected chi connectivity index (χ2v) is 4.22. The van der Waals surface area contributed by atoms with E-state index in [-0.39, 0.29) is 6.09 Å². The van der Waals surface area contributed by atoms with Crippen LogP contribution in [-0.4, -0.2) is 25.2 Å². The van der Waals surface area contributed by atoms with Crippen molar-refractivity contribution in [1.29, 1.82) is 0 Å². The Balaban J connectivity index is 1.54. The van der Waals surface area contributed by atoms with Gasteiger partial charge in [-0.2, -0.15) is 0 Å². The van der Waals surface area contributed by atoms with Gasteiger partial charge in [-0.05, 0) is 18.4 Å². The Morgan fingerprint density at radius 3 is 2.71 bits per heavy atom. The molecule has 1 aliphatic carbocycles. The average molecular weight is 234 g/mol. The second kappa shape index (κ2) is 6.25. The number of carbonyl (C=O) groups excluding carboxylic acids is 1. The summed E-state index contributed by atoms with van der Waals surface area (Å²) in [5.74, 6) is 0. The first-order valence-electron chi connectivity index (χ1n) is 6.02. The Bertz CT molecular complexity index is 350. The molecule has 0 radical (unpaired) electrons. The molecule has 1 fully saturated rings. The highest BCUT2D eigenvalue weighted by Gasteiger charge is 2.19. The van der Waals surface area contributed by atoms with Gasteiger partial charge < -0.3 is 15.4 Å². The minimum atomic E-state index is -0.355. The third kappa shape index (κ3) is 4.87. The fourth-order valence-electron chi connectivity index (χ4n) is 1.50. The van der Waals surface area contributed by atoms with Crippen LogP contribution in [0.5, 0.6) is 0 Å². The first-order chi connectivity index (χ1) is 8.34.